The third-order valence-corrected chi connectivity index (χ3v) is 5.27. The molecule has 2 N–H and O–H groups in total. The van der Waals surface area contributed by atoms with Crippen molar-refractivity contribution in [2.45, 2.75) is 62.7 Å². The molecule has 1 amide bonds. The van der Waals surface area contributed by atoms with Crippen LogP contribution in [0, 0.1) is 17.2 Å². The summed E-state index contributed by atoms with van der Waals surface area (Å²) in [6.45, 7) is 11.4. The smallest absolute Gasteiger partial charge is 0.234 e. The van der Waals surface area contributed by atoms with Gasteiger partial charge < -0.3 is 10.6 Å². The highest BCUT2D eigenvalue weighted by atomic mass is 32.2. The second-order valence-electron chi connectivity index (χ2n) is 5.89. The zero-order chi connectivity index (χ0) is 16.9. The summed E-state index contributed by atoms with van der Waals surface area (Å²) in [6, 6.07) is 2.46. The Balaban J connectivity index is 2.65. The predicted molar refractivity (Wildman–Crippen MR) is 91.0 cm³/mol. The number of aromatic nitrogens is 2. The molecule has 0 aliphatic rings. The van der Waals surface area contributed by atoms with Gasteiger partial charge in [0.2, 0.25) is 11.0 Å². The maximum atomic E-state index is 12.3. The molecule has 0 radical (unpaired) electrons. The molecule has 0 fully saturated rings. The molecule has 0 aromatic carbocycles. The molecule has 0 aliphatic heterocycles. The predicted octanol–water partition coefficient (Wildman–Crippen LogP) is 2.89. The van der Waals surface area contributed by atoms with Crippen LogP contribution in [0.3, 0.4) is 0 Å². The molecule has 1 heterocycles. The number of nitrogens with zero attached hydrogens (tertiary/aromatic N) is 3. The van der Waals surface area contributed by atoms with E-state index in [2.05, 4.69) is 26.9 Å². The maximum absolute atomic E-state index is 12.3. The highest BCUT2D eigenvalue weighted by molar-refractivity contribution is 8.02. The first-order chi connectivity index (χ1) is 10.2. The van der Waals surface area contributed by atoms with E-state index in [9.17, 15) is 10.1 Å². The molecular formula is C14H23N5OS2. The van der Waals surface area contributed by atoms with E-state index in [0.717, 1.165) is 9.47 Å². The van der Waals surface area contributed by atoms with Crippen LogP contribution in [-0.4, -0.2) is 32.9 Å². The van der Waals surface area contributed by atoms with Crippen molar-refractivity contribution in [1.82, 2.24) is 15.5 Å². The number of carbonyl (C=O) groups is 1. The molecule has 0 bridgehead atoms. The van der Waals surface area contributed by atoms with Crippen LogP contribution in [0.2, 0.25) is 0 Å². The minimum absolute atomic E-state index is 0.0297. The van der Waals surface area contributed by atoms with Gasteiger partial charge in [0.15, 0.2) is 4.34 Å². The van der Waals surface area contributed by atoms with Gasteiger partial charge in [0.25, 0.3) is 0 Å². The lowest BCUT2D eigenvalue weighted by atomic mass is 9.90. The van der Waals surface area contributed by atoms with Crippen LogP contribution in [0.1, 0.15) is 41.5 Å². The van der Waals surface area contributed by atoms with Crippen molar-refractivity contribution in [1.29, 1.82) is 5.26 Å². The van der Waals surface area contributed by atoms with E-state index in [-0.39, 0.29) is 23.1 Å². The Morgan fingerprint density at radius 1 is 1.32 bits per heavy atom. The molecule has 0 spiro atoms. The molecule has 122 valence electrons. The Morgan fingerprint density at radius 2 is 1.95 bits per heavy atom. The first-order valence-corrected chi connectivity index (χ1v) is 8.87. The second-order valence-corrected chi connectivity index (χ2v) is 8.46. The minimum atomic E-state index is -0.864. The summed E-state index contributed by atoms with van der Waals surface area (Å²) in [4.78, 5) is 12.3. The molecule has 0 aliphatic carbocycles. The first-order valence-electron chi connectivity index (χ1n) is 7.18. The van der Waals surface area contributed by atoms with Crippen molar-refractivity contribution in [2.75, 3.05) is 5.32 Å². The molecule has 2 atom stereocenters. The molecule has 6 nitrogen and oxygen atoms in total. The first kappa shape index (κ1) is 18.7. The van der Waals surface area contributed by atoms with E-state index >= 15 is 0 Å². The van der Waals surface area contributed by atoms with Crippen LogP contribution in [-0.2, 0) is 4.79 Å². The van der Waals surface area contributed by atoms with E-state index < -0.39 is 5.54 Å². The average Bonchev–Trinajstić information content (AvgIpc) is 2.84. The van der Waals surface area contributed by atoms with Gasteiger partial charge in [-0.3, -0.25) is 4.79 Å². The summed E-state index contributed by atoms with van der Waals surface area (Å²) < 4.78 is 0.731. The van der Waals surface area contributed by atoms with Gasteiger partial charge in [0.1, 0.15) is 5.54 Å². The fraction of sp³-hybridized carbons (Fsp3) is 0.714. The quantitative estimate of drug-likeness (QED) is 0.741. The van der Waals surface area contributed by atoms with Gasteiger partial charge in [-0.25, -0.2) is 0 Å². The topological polar surface area (TPSA) is 90.7 Å². The fourth-order valence-electron chi connectivity index (χ4n) is 1.43. The van der Waals surface area contributed by atoms with Crippen LogP contribution in [0.15, 0.2) is 4.34 Å². The zero-order valence-electron chi connectivity index (χ0n) is 13.8. The van der Waals surface area contributed by atoms with Gasteiger partial charge in [0.05, 0.1) is 11.3 Å². The number of nitrogens with one attached hydrogen (secondary N) is 2. The summed E-state index contributed by atoms with van der Waals surface area (Å²) in [5, 5.41) is 23.8. The summed E-state index contributed by atoms with van der Waals surface area (Å²) in [5.41, 5.74) is -0.864. The van der Waals surface area contributed by atoms with E-state index in [4.69, 9.17) is 0 Å². The third kappa shape index (κ3) is 5.14. The number of hydrogen-bond acceptors (Lipinski definition) is 7. The van der Waals surface area contributed by atoms with Gasteiger partial charge >= 0.3 is 0 Å². The number of nitriles is 1. The van der Waals surface area contributed by atoms with E-state index in [1.807, 2.05) is 27.7 Å². The lowest BCUT2D eigenvalue weighted by Crippen LogP contribution is -2.51. The van der Waals surface area contributed by atoms with Crippen LogP contribution in [0.5, 0.6) is 0 Å². The molecule has 8 heteroatoms. The zero-order valence-corrected chi connectivity index (χ0v) is 15.4. The monoisotopic (exact) mass is 341 g/mol. The Labute approximate surface area is 140 Å². The van der Waals surface area contributed by atoms with E-state index in [1.165, 1.54) is 23.1 Å². The van der Waals surface area contributed by atoms with Crippen molar-refractivity contribution in [3.63, 3.8) is 0 Å². The van der Waals surface area contributed by atoms with E-state index in [1.54, 1.807) is 13.8 Å². The van der Waals surface area contributed by atoms with Crippen molar-refractivity contribution < 1.29 is 4.79 Å². The molecular weight excluding hydrogens is 318 g/mol. The fourth-order valence-corrected chi connectivity index (χ4v) is 3.47. The normalized spacial score (nSPS) is 15.2. The van der Waals surface area contributed by atoms with Crippen molar-refractivity contribution in [3.8, 4) is 6.07 Å². The molecule has 0 saturated heterocycles. The third-order valence-electron chi connectivity index (χ3n) is 3.24. The van der Waals surface area contributed by atoms with Crippen LogP contribution in [0.25, 0.3) is 0 Å². The molecule has 1 aromatic rings. The van der Waals surface area contributed by atoms with Crippen LogP contribution in [0.4, 0.5) is 5.13 Å². The summed E-state index contributed by atoms with van der Waals surface area (Å²) in [5.74, 6) is -0.140. The highest BCUT2D eigenvalue weighted by Crippen LogP contribution is 2.29. The van der Waals surface area contributed by atoms with Crippen LogP contribution >= 0.6 is 23.1 Å². The Kier molecular flexibility index (Phi) is 6.63. The van der Waals surface area contributed by atoms with E-state index in [0.29, 0.717) is 0 Å². The minimum Gasteiger partial charge on any atom is -0.358 e. The van der Waals surface area contributed by atoms with Crippen molar-refractivity contribution in [3.05, 3.63) is 0 Å². The molecule has 1 rings (SSSR count). The number of amides is 1. The van der Waals surface area contributed by atoms with Gasteiger partial charge in [-0.05, 0) is 33.6 Å². The molecule has 1 aromatic heterocycles. The summed E-state index contributed by atoms with van der Waals surface area (Å²) in [6.07, 6.45) is 0. The number of hydrogen-bond donors (Lipinski definition) is 2. The summed E-state index contributed by atoms with van der Waals surface area (Å²) in [7, 11) is 0. The Morgan fingerprint density at radius 3 is 2.45 bits per heavy atom. The van der Waals surface area contributed by atoms with Crippen molar-refractivity contribution in [2.24, 2.45) is 5.92 Å². The molecule has 0 saturated carbocycles. The number of anilines is 1. The maximum Gasteiger partial charge on any atom is 0.234 e. The SMILES string of the molecule is CC(C)Nc1nnc(SC(C)C(=O)NC(C)(C#N)C(C)C)s1. The van der Waals surface area contributed by atoms with Gasteiger partial charge in [0, 0.05) is 6.04 Å². The number of thioether (sulfide) groups is 1. The van der Waals surface area contributed by atoms with Crippen LogP contribution < -0.4 is 10.6 Å². The lowest BCUT2D eigenvalue weighted by Gasteiger charge is -2.28. The summed E-state index contributed by atoms with van der Waals surface area (Å²) >= 11 is 2.77. The number of carbonyl (C=O) groups excluding carboxylic acids is 1. The van der Waals surface area contributed by atoms with Gasteiger partial charge in [-0.15, -0.1) is 10.2 Å². The largest absolute Gasteiger partial charge is 0.358 e. The van der Waals surface area contributed by atoms with Gasteiger partial charge in [-0.1, -0.05) is 36.9 Å². The Bertz CT molecular complexity index is 552. The Hall–Kier alpha value is -1.33. The van der Waals surface area contributed by atoms with Crippen molar-refractivity contribution >= 4 is 34.1 Å². The standard InChI is InChI=1S/C14H23N5OS2/c1-8(2)14(6,7-15)17-11(20)10(5)21-13-19-18-12(22-13)16-9(3)4/h8-10H,1-6H3,(H,16,18)(H,17,20). The molecule has 2 unspecified atom stereocenters. The highest BCUT2D eigenvalue weighted by Gasteiger charge is 2.32. The lowest BCUT2D eigenvalue weighted by molar-refractivity contribution is -0.121. The van der Waals surface area contributed by atoms with Gasteiger partial charge in [-0.2, -0.15) is 5.26 Å². The molecule has 22 heavy (non-hydrogen) atoms. The average molecular weight is 342 g/mol. The second kappa shape index (κ2) is 7.79. The number of rotatable bonds is 7.